The fourth-order valence-corrected chi connectivity index (χ4v) is 0.568. The lowest BCUT2D eigenvalue weighted by Gasteiger charge is -2.05. The van der Waals surface area contributed by atoms with Crippen LogP contribution in [-0.2, 0) is 9.47 Å². The molecule has 0 saturated heterocycles. The summed E-state index contributed by atoms with van der Waals surface area (Å²) in [5.74, 6) is 0. The Kier molecular flexibility index (Phi) is 7.83. The summed E-state index contributed by atoms with van der Waals surface area (Å²) in [6.45, 7) is 4.04. The van der Waals surface area contributed by atoms with Crippen molar-refractivity contribution >= 4 is 0 Å². The highest BCUT2D eigenvalue weighted by Gasteiger charge is 1.94. The Morgan fingerprint density at radius 1 is 1.27 bits per heavy atom. The summed E-state index contributed by atoms with van der Waals surface area (Å²) in [4.78, 5) is 0. The Labute approximate surface area is 67.3 Å². The average Bonchev–Trinajstić information content (AvgIpc) is 1.96. The number of nitrogens with two attached hydrogens (primary N) is 1. The monoisotopic (exact) mass is 163 g/mol. The second kappa shape index (κ2) is 7.94. The van der Waals surface area contributed by atoms with E-state index in [1.165, 1.54) is 0 Å². The van der Waals surface area contributed by atoms with Gasteiger partial charge in [0.05, 0.1) is 19.8 Å². The minimum Gasteiger partial charge on any atom is -0.379 e. The van der Waals surface area contributed by atoms with Crippen molar-refractivity contribution in [1.82, 2.24) is 0 Å². The molecule has 0 aliphatic heterocycles. The molecule has 0 fully saturated rings. The Morgan fingerprint density at radius 2 is 1.91 bits per heavy atom. The van der Waals surface area contributed by atoms with Crippen molar-refractivity contribution in [1.29, 1.82) is 0 Å². The van der Waals surface area contributed by atoms with Crippen molar-refractivity contribution in [2.75, 3.05) is 26.4 Å². The van der Waals surface area contributed by atoms with Gasteiger partial charge in [0.15, 0.2) is 0 Å². The molecule has 0 heterocycles. The van der Waals surface area contributed by atoms with E-state index >= 15 is 0 Å². The summed E-state index contributed by atoms with van der Waals surface area (Å²) in [5.41, 5.74) is 5.02. The van der Waals surface area contributed by atoms with Crippen molar-refractivity contribution in [3.63, 3.8) is 0 Å². The van der Waals surface area contributed by atoms with E-state index in [2.05, 4.69) is 0 Å². The van der Waals surface area contributed by atoms with Crippen LogP contribution >= 0.6 is 0 Å². The molecule has 4 nitrogen and oxygen atoms in total. The number of hydrogen-bond acceptors (Lipinski definition) is 4. The Bertz CT molecular complexity index is 78.1. The lowest BCUT2D eigenvalue weighted by molar-refractivity contribution is 0.00611. The van der Waals surface area contributed by atoms with Crippen molar-refractivity contribution in [2.24, 2.45) is 5.73 Å². The van der Waals surface area contributed by atoms with Crippen LogP contribution in [0, 0.1) is 0 Å². The summed E-state index contributed by atoms with van der Waals surface area (Å²) in [6, 6.07) is 0. The molecule has 68 valence electrons. The molecule has 0 aliphatic carbocycles. The molecule has 0 saturated carbocycles. The fourth-order valence-electron chi connectivity index (χ4n) is 0.568. The first-order chi connectivity index (χ1) is 5.27. The maximum atomic E-state index is 8.57. The first-order valence-electron chi connectivity index (χ1n) is 3.86. The molecule has 0 aromatic carbocycles. The van der Waals surface area contributed by atoms with Gasteiger partial charge in [0.25, 0.3) is 0 Å². The molecule has 0 aromatic rings. The lowest BCUT2D eigenvalue weighted by atomic mass is 10.5. The van der Waals surface area contributed by atoms with Gasteiger partial charge in [0, 0.05) is 6.61 Å². The number of ether oxygens (including phenoxy) is 2. The molecular formula is C7H17NO3. The van der Waals surface area contributed by atoms with Crippen LogP contribution in [0.15, 0.2) is 0 Å². The minimum atomic E-state index is -0.874. The van der Waals surface area contributed by atoms with Gasteiger partial charge in [-0.1, -0.05) is 6.92 Å². The molecule has 0 rings (SSSR count). The van der Waals surface area contributed by atoms with Gasteiger partial charge < -0.3 is 20.3 Å². The molecule has 0 aromatic heterocycles. The van der Waals surface area contributed by atoms with E-state index in [0.29, 0.717) is 13.2 Å². The highest BCUT2D eigenvalue weighted by molar-refractivity contribution is 4.38. The Hall–Kier alpha value is -0.160. The quantitative estimate of drug-likeness (QED) is 0.400. The van der Waals surface area contributed by atoms with E-state index in [1.54, 1.807) is 0 Å². The van der Waals surface area contributed by atoms with Gasteiger partial charge in [-0.2, -0.15) is 0 Å². The fraction of sp³-hybridized carbons (Fsp3) is 1.00. The summed E-state index contributed by atoms with van der Waals surface area (Å²) in [5, 5.41) is 8.57. The van der Waals surface area contributed by atoms with Gasteiger partial charge >= 0.3 is 0 Å². The second-order valence-electron chi connectivity index (χ2n) is 2.25. The van der Waals surface area contributed by atoms with Crippen LogP contribution in [0.5, 0.6) is 0 Å². The van der Waals surface area contributed by atoms with E-state index < -0.39 is 6.23 Å². The molecular weight excluding hydrogens is 146 g/mol. The maximum Gasteiger partial charge on any atom is 0.126 e. The van der Waals surface area contributed by atoms with Gasteiger partial charge in [-0.05, 0) is 6.42 Å². The summed E-state index contributed by atoms with van der Waals surface area (Å²) in [7, 11) is 0. The normalized spacial score (nSPS) is 13.4. The van der Waals surface area contributed by atoms with Crippen molar-refractivity contribution < 1.29 is 14.6 Å². The van der Waals surface area contributed by atoms with Crippen molar-refractivity contribution in [3.8, 4) is 0 Å². The molecule has 0 bridgehead atoms. The molecule has 11 heavy (non-hydrogen) atoms. The van der Waals surface area contributed by atoms with Crippen LogP contribution in [0.4, 0.5) is 0 Å². The third kappa shape index (κ3) is 9.84. The van der Waals surface area contributed by atoms with Crippen molar-refractivity contribution in [3.05, 3.63) is 0 Å². The van der Waals surface area contributed by atoms with Gasteiger partial charge in [0.1, 0.15) is 6.23 Å². The molecule has 0 aliphatic rings. The molecule has 1 atom stereocenters. The zero-order valence-corrected chi connectivity index (χ0v) is 6.95. The van der Waals surface area contributed by atoms with Gasteiger partial charge in [0.2, 0.25) is 0 Å². The standard InChI is InChI=1S/C7H17NO3/c1-2-3-10-4-5-11-6-7(8)9/h7,9H,2-6,8H2,1H3. The van der Waals surface area contributed by atoms with Crippen LogP contribution < -0.4 is 5.73 Å². The Balaban J connectivity index is 2.80. The number of aliphatic hydroxyl groups is 1. The first kappa shape index (κ1) is 10.8. The second-order valence-corrected chi connectivity index (χ2v) is 2.25. The van der Waals surface area contributed by atoms with E-state index in [1.807, 2.05) is 6.92 Å². The minimum absolute atomic E-state index is 0.176. The van der Waals surface area contributed by atoms with Crippen LogP contribution in [-0.4, -0.2) is 37.8 Å². The van der Waals surface area contributed by atoms with Gasteiger partial charge in [-0.3, -0.25) is 0 Å². The van der Waals surface area contributed by atoms with Crippen LogP contribution in [0.2, 0.25) is 0 Å². The number of rotatable bonds is 7. The van der Waals surface area contributed by atoms with E-state index in [0.717, 1.165) is 13.0 Å². The lowest BCUT2D eigenvalue weighted by Crippen LogP contribution is -2.26. The van der Waals surface area contributed by atoms with Gasteiger partial charge in [-0.15, -0.1) is 0 Å². The highest BCUT2D eigenvalue weighted by Crippen LogP contribution is 1.82. The predicted molar refractivity (Wildman–Crippen MR) is 42.1 cm³/mol. The largest absolute Gasteiger partial charge is 0.379 e. The average molecular weight is 163 g/mol. The summed E-state index contributed by atoms with van der Waals surface area (Å²) in [6.07, 6.45) is 0.139. The molecule has 4 heteroatoms. The molecule has 0 spiro atoms. The highest BCUT2D eigenvalue weighted by atomic mass is 16.5. The van der Waals surface area contributed by atoms with E-state index in [4.69, 9.17) is 20.3 Å². The van der Waals surface area contributed by atoms with Crippen LogP contribution in [0.3, 0.4) is 0 Å². The van der Waals surface area contributed by atoms with E-state index in [9.17, 15) is 0 Å². The SMILES string of the molecule is CCCOCCOCC(N)O. The third-order valence-corrected chi connectivity index (χ3v) is 1.01. The van der Waals surface area contributed by atoms with Crippen LogP contribution in [0.1, 0.15) is 13.3 Å². The predicted octanol–water partition coefficient (Wildman–Crippen LogP) is -0.293. The number of aliphatic hydroxyl groups excluding tert-OH is 1. The molecule has 0 amide bonds. The summed E-state index contributed by atoms with van der Waals surface area (Å²) >= 11 is 0. The van der Waals surface area contributed by atoms with Crippen molar-refractivity contribution in [2.45, 2.75) is 19.6 Å². The van der Waals surface area contributed by atoms with Gasteiger partial charge in [-0.25, -0.2) is 0 Å². The summed E-state index contributed by atoms with van der Waals surface area (Å²) < 4.78 is 10.1. The van der Waals surface area contributed by atoms with Crippen LogP contribution in [0.25, 0.3) is 0 Å². The maximum absolute atomic E-state index is 8.57. The zero-order chi connectivity index (χ0) is 8.53. The molecule has 1 unspecified atom stereocenters. The van der Waals surface area contributed by atoms with E-state index in [-0.39, 0.29) is 6.61 Å². The zero-order valence-electron chi connectivity index (χ0n) is 6.95. The molecule has 0 radical (unpaired) electrons. The third-order valence-electron chi connectivity index (χ3n) is 1.01. The molecule has 3 N–H and O–H groups in total. The topological polar surface area (TPSA) is 64.7 Å². The Morgan fingerprint density at radius 3 is 2.45 bits per heavy atom. The first-order valence-corrected chi connectivity index (χ1v) is 3.86. The number of hydrogen-bond donors (Lipinski definition) is 2. The smallest absolute Gasteiger partial charge is 0.126 e.